The van der Waals surface area contributed by atoms with Crippen LogP contribution >= 0.6 is 11.8 Å². The van der Waals surface area contributed by atoms with Gasteiger partial charge in [0.15, 0.2) is 5.16 Å². The molecular weight excluding hydrogens is 282 g/mol. The molecule has 0 radical (unpaired) electrons. The van der Waals surface area contributed by atoms with E-state index >= 15 is 0 Å². The first kappa shape index (κ1) is 18.4. The summed E-state index contributed by atoms with van der Waals surface area (Å²) in [5.74, 6) is 0.532. The molecule has 0 fully saturated rings. The molecule has 8 nitrogen and oxygen atoms in total. The van der Waals surface area contributed by atoms with Crippen molar-refractivity contribution in [2.75, 3.05) is 23.4 Å². The van der Waals surface area contributed by atoms with Crippen molar-refractivity contribution in [2.24, 2.45) is 0 Å². The average molecular weight is 303 g/mol. The minimum Gasteiger partial charge on any atom is -0.481 e. The Bertz CT molecular complexity index is 450. The van der Waals surface area contributed by atoms with Crippen LogP contribution in [0.4, 0.5) is 11.9 Å². The van der Waals surface area contributed by atoms with E-state index in [1.165, 1.54) is 11.8 Å². The molecular formula is C11H21N5O3S. The van der Waals surface area contributed by atoms with Gasteiger partial charge in [0.1, 0.15) is 0 Å². The third kappa shape index (κ3) is 7.10. The van der Waals surface area contributed by atoms with Crippen molar-refractivity contribution < 1.29 is 15.4 Å². The molecule has 1 aromatic heterocycles. The fraction of sp³-hybridized carbons (Fsp3) is 0.636. The van der Waals surface area contributed by atoms with E-state index in [9.17, 15) is 4.79 Å². The van der Waals surface area contributed by atoms with Crippen LogP contribution in [0.1, 0.15) is 27.2 Å². The van der Waals surface area contributed by atoms with Crippen molar-refractivity contribution in [3.8, 4) is 0 Å². The van der Waals surface area contributed by atoms with E-state index in [2.05, 4.69) is 25.6 Å². The third-order valence-electron chi connectivity index (χ3n) is 1.87. The van der Waals surface area contributed by atoms with Crippen LogP contribution in [0.15, 0.2) is 5.16 Å². The van der Waals surface area contributed by atoms with E-state index in [4.69, 9.17) is 5.11 Å². The van der Waals surface area contributed by atoms with Crippen LogP contribution in [-0.2, 0) is 4.79 Å². The zero-order valence-corrected chi connectivity index (χ0v) is 12.8. The van der Waals surface area contributed by atoms with Crippen LogP contribution in [0.5, 0.6) is 0 Å². The molecule has 0 saturated heterocycles. The van der Waals surface area contributed by atoms with Gasteiger partial charge < -0.3 is 21.2 Å². The number of hydrogen-bond acceptors (Lipinski definition) is 7. The van der Waals surface area contributed by atoms with Crippen LogP contribution in [0.2, 0.25) is 0 Å². The standard InChI is InChI=1S/C11H19N5O2S.H2O/c1-11(2,3)16-9-13-8(12-4)14-10(15-9)19-6-5-7(17)18;/h5-6H2,1-4H3,(H,17,18)(H2,12,13,14,15,16);1H2. The first-order chi connectivity index (χ1) is 8.80. The molecule has 0 aliphatic rings. The largest absolute Gasteiger partial charge is 0.481 e. The zero-order valence-electron chi connectivity index (χ0n) is 12.0. The average Bonchev–Trinajstić information content (AvgIpc) is 2.25. The lowest BCUT2D eigenvalue weighted by molar-refractivity contribution is -0.136. The number of hydrogen-bond donors (Lipinski definition) is 3. The highest BCUT2D eigenvalue weighted by atomic mass is 32.2. The zero-order chi connectivity index (χ0) is 14.5. The first-order valence-corrected chi connectivity index (χ1v) is 6.85. The van der Waals surface area contributed by atoms with Crippen molar-refractivity contribution in [1.82, 2.24) is 15.0 Å². The minimum atomic E-state index is -0.830. The molecule has 1 heterocycles. The van der Waals surface area contributed by atoms with Crippen LogP contribution in [0.25, 0.3) is 0 Å². The Labute approximate surface area is 122 Å². The summed E-state index contributed by atoms with van der Waals surface area (Å²) in [5, 5.41) is 15.1. The smallest absolute Gasteiger partial charge is 0.304 e. The maximum absolute atomic E-state index is 10.5. The molecule has 5 N–H and O–H groups in total. The van der Waals surface area contributed by atoms with Crippen LogP contribution in [0, 0.1) is 0 Å². The molecule has 0 aromatic carbocycles. The second kappa shape index (κ2) is 7.85. The van der Waals surface area contributed by atoms with Crippen LogP contribution in [0.3, 0.4) is 0 Å². The molecule has 20 heavy (non-hydrogen) atoms. The lowest BCUT2D eigenvalue weighted by Crippen LogP contribution is -2.27. The monoisotopic (exact) mass is 303 g/mol. The van der Waals surface area contributed by atoms with Crippen LogP contribution < -0.4 is 10.6 Å². The number of aliphatic carboxylic acids is 1. The molecule has 0 amide bonds. The Morgan fingerprint density at radius 2 is 1.85 bits per heavy atom. The Morgan fingerprint density at radius 3 is 2.35 bits per heavy atom. The molecule has 0 bridgehead atoms. The number of nitrogens with zero attached hydrogens (tertiary/aromatic N) is 3. The van der Waals surface area contributed by atoms with Gasteiger partial charge in [0, 0.05) is 18.3 Å². The Kier molecular flexibility index (Phi) is 7.22. The molecule has 0 aliphatic carbocycles. The highest BCUT2D eigenvalue weighted by Crippen LogP contribution is 2.19. The molecule has 114 valence electrons. The number of thioether (sulfide) groups is 1. The summed E-state index contributed by atoms with van der Waals surface area (Å²) in [6, 6.07) is 0. The number of carbonyl (C=O) groups is 1. The van der Waals surface area contributed by atoms with Crippen molar-refractivity contribution in [3.05, 3.63) is 0 Å². The van der Waals surface area contributed by atoms with Gasteiger partial charge in [0.2, 0.25) is 11.9 Å². The normalized spacial score (nSPS) is 10.6. The number of rotatable bonds is 6. The van der Waals surface area contributed by atoms with Crippen molar-refractivity contribution in [2.45, 2.75) is 37.9 Å². The van der Waals surface area contributed by atoms with Gasteiger partial charge in [-0.3, -0.25) is 4.79 Å². The van der Waals surface area contributed by atoms with Gasteiger partial charge in [0.25, 0.3) is 0 Å². The Morgan fingerprint density at radius 1 is 1.25 bits per heavy atom. The van der Waals surface area contributed by atoms with E-state index < -0.39 is 5.97 Å². The van der Waals surface area contributed by atoms with E-state index in [0.29, 0.717) is 22.8 Å². The highest BCUT2D eigenvalue weighted by Gasteiger charge is 2.13. The number of aromatic nitrogens is 3. The predicted molar refractivity (Wildman–Crippen MR) is 79.3 cm³/mol. The molecule has 0 saturated carbocycles. The van der Waals surface area contributed by atoms with Gasteiger partial charge in [-0.25, -0.2) is 0 Å². The number of nitrogens with one attached hydrogen (secondary N) is 2. The molecule has 1 rings (SSSR count). The third-order valence-corrected chi connectivity index (χ3v) is 2.72. The first-order valence-electron chi connectivity index (χ1n) is 5.87. The van der Waals surface area contributed by atoms with Crippen LogP contribution in [-0.4, -0.2) is 49.8 Å². The van der Waals surface area contributed by atoms with Gasteiger partial charge >= 0.3 is 5.97 Å². The van der Waals surface area contributed by atoms with Gasteiger partial charge in [-0.15, -0.1) is 0 Å². The summed E-state index contributed by atoms with van der Waals surface area (Å²) >= 11 is 1.30. The summed E-state index contributed by atoms with van der Waals surface area (Å²) in [7, 11) is 1.72. The van der Waals surface area contributed by atoms with Gasteiger partial charge in [-0.1, -0.05) is 11.8 Å². The fourth-order valence-corrected chi connectivity index (χ4v) is 1.92. The van der Waals surface area contributed by atoms with E-state index in [-0.39, 0.29) is 17.4 Å². The maximum Gasteiger partial charge on any atom is 0.304 e. The van der Waals surface area contributed by atoms with Gasteiger partial charge in [-0.2, -0.15) is 15.0 Å². The summed E-state index contributed by atoms with van der Waals surface area (Å²) in [4.78, 5) is 23.1. The van der Waals surface area contributed by atoms with Gasteiger partial charge in [0.05, 0.1) is 6.42 Å². The lowest BCUT2D eigenvalue weighted by Gasteiger charge is -2.20. The summed E-state index contributed by atoms with van der Waals surface area (Å²) in [6.45, 7) is 6.02. The number of anilines is 2. The molecule has 0 unspecified atom stereocenters. The topological polar surface area (TPSA) is 132 Å². The molecule has 0 aliphatic heterocycles. The predicted octanol–water partition coefficient (Wildman–Crippen LogP) is 0.866. The maximum atomic E-state index is 10.5. The molecule has 1 aromatic rings. The highest BCUT2D eigenvalue weighted by molar-refractivity contribution is 7.99. The van der Waals surface area contributed by atoms with E-state index in [1.807, 2.05) is 20.8 Å². The molecule has 9 heteroatoms. The fourth-order valence-electron chi connectivity index (χ4n) is 1.15. The van der Waals surface area contributed by atoms with Crippen molar-refractivity contribution in [1.29, 1.82) is 0 Å². The summed E-state index contributed by atoms with van der Waals surface area (Å²) < 4.78 is 0. The summed E-state index contributed by atoms with van der Waals surface area (Å²) in [6.07, 6.45) is 0.0767. The van der Waals surface area contributed by atoms with E-state index in [1.54, 1.807) is 7.05 Å². The molecule has 0 spiro atoms. The number of carboxylic acids is 1. The second-order valence-corrected chi connectivity index (χ2v) is 5.94. The second-order valence-electron chi connectivity index (χ2n) is 4.88. The quantitative estimate of drug-likeness (QED) is 0.659. The SMILES string of the molecule is CNc1nc(NC(C)(C)C)nc(SCCC(=O)O)n1.O. The van der Waals surface area contributed by atoms with Gasteiger partial charge in [-0.05, 0) is 20.8 Å². The lowest BCUT2D eigenvalue weighted by atomic mass is 10.1. The summed E-state index contributed by atoms with van der Waals surface area (Å²) in [5.41, 5.74) is -0.157. The van der Waals surface area contributed by atoms with E-state index in [0.717, 1.165) is 0 Å². The van der Waals surface area contributed by atoms with Crippen molar-refractivity contribution >= 4 is 29.6 Å². The number of carboxylic acid groups (broad SMARTS) is 1. The Hall–Kier alpha value is -1.61. The Balaban J connectivity index is 0.00000361. The molecule has 0 atom stereocenters. The van der Waals surface area contributed by atoms with Crippen molar-refractivity contribution in [3.63, 3.8) is 0 Å². The minimum absolute atomic E-state index is 0.